The standard InChI is InChI=1S/C26H26N4O3/c27-15-7-17-30(23-10-5-2-6-11-23)26(32)13-12-24(31)29-19-22-14-16-28-25(18-22)33-20-21-8-3-1-4-9-21/h1-6,8-11,14,16,18H,7,12-13,17,19-20H2,(H,29,31). The Bertz CT molecular complexity index is 1080. The van der Waals surface area contributed by atoms with Crippen molar-refractivity contribution in [2.24, 2.45) is 0 Å². The summed E-state index contributed by atoms with van der Waals surface area (Å²) >= 11 is 0. The number of carbonyl (C=O) groups excluding carboxylic acids is 2. The van der Waals surface area contributed by atoms with Gasteiger partial charge in [0.2, 0.25) is 17.7 Å². The monoisotopic (exact) mass is 442 g/mol. The van der Waals surface area contributed by atoms with Crippen molar-refractivity contribution in [3.63, 3.8) is 0 Å². The first-order valence-electron chi connectivity index (χ1n) is 10.8. The first-order chi connectivity index (χ1) is 16.2. The maximum absolute atomic E-state index is 12.7. The fraction of sp³-hybridized carbons (Fsp3) is 0.231. The van der Waals surface area contributed by atoms with Gasteiger partial charge in [0.15, 0.2) is 0 Å². The first kappa shape index (κ1) is 23.5. The van der Waals surface area contributed by atoms with Crippen molar-refractivity contribution in [3.8, 4) is 11.9 Å². The predicted octanol–water partition coefficient (Wildman–Crippen LogP) is 4.00. The van der Waals surface area contributed by atoms with Crippen LogP contribution in [0.15, 0.2) is 79.0 Å². The lowest BCUT2D eigenvalue weighted by Crippen LogP contribution is -2.33. The topological polar surface area (TPSA) is 95.3 Å². The molecule has 1 N–H and O–H groups in total. The first-order valence-corrected chi connectivity index (χ1v) is 10.8. The highest BCUT2D eigenvalue weighted by molar-refractivity contribution is 5.95. The number of carbonyl (C=O) groups is 2. The second kappa shape index (κ2) is 12.6. The second-order valence-electron chi connectivity index (χ2n) is 7.34. The van der Waals surface area contributed by atoms with E-state index in [1.165, 1.54) is 0 Å². The minimum atomic E-state index is -0.222. The Kier molecular flexibility index (Phi) is 8.98. The molecule has 0 aliphatic heterocycles. The van der Waals surface area contributed by atoms with Gasteiger partial charge < -0.3 is 15.0 Å². The van der Waals surface area contributed by atoms with Crippen molar-refractivity contribution >= 4 is 17.5 Å². The van der Waals surface area contributed by atoms with E-state index >= 15 is 0 Å². The van der Waals surface area contributed by atoms with E-state index in [1.54, 1.807) is 23.2 Å². The molecule has 0 bridgehead atoms. The largest absolute Gasteiger partial charge is 0.473 e. The Balaban J connectivity index is 1.46. The fourth-order valence-electron chi connectivity index (χ4n) is 3.18. The number of hydrogen-bond donors (Lipinski definition) is 1. The number of ether oxygens (including phenoxy) is 1. The molecule has 33 heavy (non-hydrogen) atoms. The third kappa shape index (κ3) is 7.78. The van der Waals surface area contributed by atoms with E-state index in [-0.39, 0.29) is 31.1 Å². The third-order valence-electron chi connectivity index (χ3n) is 4.90. The summed E-state index contributed by atoms with van der Waals surface area (Å²) < 4.78 is 5.72. The van der Waals surface area contributed by atoms with E-state index < -0.39 is 0 Å². The summed E-state index contributed by atoms with van der Waals surface area (Å²) in [6.07, 6.45) is 1.99. The van der Waals surface area contributed by atoms with Gasteiger partial charge in [0.1, 0.15) is 6.61 Å². The lowest BCUT2D eigenvalue weighted by Gasteiger charge is -2.21. The van der Waals surface area contributed by atoms with Crippen molar-refractivity contribution in [1.29, 1.82) is 5.26 Å². The lowest BCUT2D eigenvalue weighted by molar-refractivity contribution is -0.125. The Hall–Kier alpha value is -4.18. The van der Waals surface area contributed by atoms with Gasteiger partial charge in [-0.05, 0) is 29.3 Å². The van der Waals surface area contributed by atoms with Crippen LogP contribution >= 0.6 is 0 Å². The zero-order chi connectivity index (χ0) is 23.3. The molecule has 0 saturated heterocycles. The van der Waals surface area contributed by atoms with Crippen molar-refractivity contribution in [3.05, 3.63) is 90.1 Å². The molecular weight excluding hydrogens is 416 g/mol. The summed E-state index contributed by atoms with van der Waals surface area (Å²) in [6, 6.07) is 24.6. The summed E-state index contributed by atoms with van der Waals surface area (Å²) in [5, 5.41) is 11.7. The number of aromatic nitrogens is 1. The predicted molar refractivity (Wildman–Crippen MR) is 125 cm³/mol. The molecule has 2 aromatic carbocycles. The molecule has 0 radical (unpaired) electrons. The van der Waals surface area contributed by atoms with Crippen LogP contribution in [0.2, 0.25) is 0 Å². The van der Waals surface area contributed by atoms with Crippen molar-refractivity contribution in [1.82, 2.24) is 10.3 Å². The Morgan fingerprint density at radius 1 is 0.970 bits per heavy atom. The number of para-hydroxylation sites is 1. The highest BCUT2D eigenvalue weighted by Crippen LogP contribution is 2.16. The van der Waals surface area contributed by atoms with Crippen LogP contribution in [-0.2, 0) is 22.7 Å². The van der Waals surface area contributed by atoms with Gasteiger partial charge >= 0.3 is 0 Å². The molecule has 0 aliphatic rings. The van der Waals surface area contributed by atoms with E-state index in [0.717, 1.165) is 16.8 Å². The fourth-order valence-corrected chi connectivity index (χ4v) is 3.18. The Morgan fingerprint density at radius 3 is 2.42 bits per heavy atom. The average Bonchev–Trinajstić information content (AvgIpc) is 2.87. The molecular formula is C26H26N4O3. The minimum absolute atomic E-state index is 0.0634. The number of benzene rings is 2. The molecule has 1 aromatic heterocycles. The quantitative estimate of drug-likeness (QED) is 0.484. The van der Waals surface area contributed by atoms with Crippen LogP contribution in [-0.4, -0.2) is 23.3 Å². The molecule has 0 fully saturated rings. The van der Waals surface area contributed by atoms with Gasteiger partial charge in [-0.15, -0.1) is 0 Å². The Morgan fingerprint density at radius 2 is 1.70 bits per heavy atom. The van der Waals surface area contributed by atoms with Crippen LogP contribution in [0.1, 0.15) is 30.4 Å². The van der Waals surface area contributed by atoms with E-state index in [9.17, 15) is 9.59 Å². The van der Waals surface area contributed by atoms with Crippen molar-refractivity contribution in [2.45, 2.75) is 32.4 Å². The van der Waals surface area contributed by atoms with E-state index in [1.807, 2.05) is 60.7 Å². The second-order valence-corrected chi connectivity index (χ2v) is 7.34. The average molecular weight is 443 g/mol. The number of nitrogens with one attached hydrogen (secondary N) is 1. The summed E-state index contributed by atoms with van der Waals surface area (Å²) in [6.45, 7) is 1.02. The number of anilines is 1. The van der Waals surface area contributed by atoms with Gasteiger partial charge in [-0.1, -0.05) is 48.5 Å². The normalized spacial score (nSPS) is 10.2. The van der Waals surface area contributed by atoms with Gasteiger partial charge in [-0.25, -0.2) is 4.98 Å². The number of rotatable bonds is 11. The number of amides is 2. The molecule has 0 atom stereocenters. The van der Waals surface area contributed by atoms with Crippen molar-refractivity contribution < 1.29 is 14.3 Å². The summed E-state index contributed by atoms with van der Waals surface area (Å²) in [4.78, 5) is 30.7. The molecule has 3 aromatic rings. The van der Waals surface area contributed by atoms with Crippen LogP contribution < -0.4 is 15.0 Å². The van der Waals surface area contributed by atoms with Crippen LogP contribution in [0.25, 0.3) is 0 Å². The highest BCUT2D eigenvalue weighted by Gasteiger charge is 2.16. The molecule has 7 heteroatoms. The summed E-state index contributed by atoms with van der Waals surface area (Å²) in [5.41, 5.74) is 2.62. The van der Waals surface area contributed by atoms with Crippen LogP contribution in [0.5, 0.6) is 5.88 Å². The third-order valence-corrected chi connectivity index (χ3v) is 4.90. The molecule has 2 amide bonds. The summed E-state index contributed by atoms with van der Waals surface area (Å²) in [7, 11) is 0. The van der Waals surface area contributed by atoms with Gasteiger partial charge in [-0.3, -0.25) is 9.59 Å². The maximum atomic E-state index is 12.7. The number of pyridine rings is 1. The molecule has 1 heterocycles. The maximum Gasteiger partial charge on any atom is 0.227 e. The molecule has 0 aliphatic carbocycles. The minimum Gasteiger partial charge on any atom is -0.473 e. The summed E-state index contributed by atoms with van der Waals surface area (Å²) in [5.74, 6) is 0.0732. The molecule has 7 nitrogen and oxygen atoms in total. The van der Waals surface area contributed by atoms with Crippen LogP contribution in [0, 0.1) is 11.3 Å². The molecule has 0 spiro atoms. The molecule has 3 rings (SSSR count). The number of nitrogens with zero attached hydrogens (tertiary/aromatic N) is 3. The molecule has 0 saturated carbocycles. The molecule has 0 unspecified atom stereocenters. The van der Waals surface area contributed by atoms with Crippen LogP contribution in [0.3, 0.4) is 0 Å². The SMILES string of the molecule is N#CCCN(C(=O)CCC(=O)NCc1ccnc(OCc2ccccc2)c1)c1ccccc1. The van der Waals surface area contributed by atoms with Gasteiger partial charge in [-0.2, -0.15) is 5.26 Å². The van der Waals surface area contributed by atoms with E-state index in [2.05, 4.69) is 16.4 Å². The van der Waals surface area contributed by atoms with E-state index in [4.69, 9.17) is 10.00 Å². The highest BCUT2D eigenvalue weighted by atomic mass is 16.5. The van der Waals surface area contributed by atoms with Crippen molar-refractivity contribution in [2.75, 3.05) is 11.4 Å². The smallest absolute Gasteiger partial charge is 0.227 e. The van der Waals surface area contributed by atoms with E-state index in [0.29, 0.717) is 25.6 Å². The number of hydrogen-bond acceptors (Lipinski definition) is 5. The van der Waals surface area contributed by atoms with Gasteiger partial charge in [0.05, 0.1) is 12.5 Å². The lowest BCUT2D eigenvalue weighted by atomic mass is 10.2. The zero-order valence-corrected chi connectivity index (χ0v) is 18.3. The number of nitriles is 1. The zero-order valence-electron chi connectivity index (χ0n) is 18.3. The van der Waals surface area contributed by atoms with Gasteiger partial charge in [0.25, 0.3) is 0 Å². The Labute approximate surface area is 193 Å². The van der Waals surface area contributed by atoms with Crippen LogP contribution in [0.4, 0.5) is 5.69 Å². The van der Waals surface area contributed by atoms with Gasteiger partial charge in [0, 0.05) is 43.9 Å². The molecule has 168 valence electrons.